The Labute approximate surface area is 114 Å². The number of aromatic nitrogens is 2. The van der Waals surface area contributed by atoms with Gasteiger partial charge in [0.15, 0.2) is 5.82 Å². The normalized spacial score (nSPS) is 22.8. The standard InChI is InChI=1S/C11H21N5O2S/c1-4-9-7-16(6-5-14(9)2)19(17,18)10-8-15(3)13-11(10)12/h8-9H,4-7H2,1-3H3,(H2,12,13). The first kappa shape index (κ1) is 14.3. The predicted octanol–water partition coefficient (Wildman–Crippen LogP) is -0.283. The third-order valence-electron chi connectivity index (χ3n) is 3.65. The molecule has 108 valence electrons. The van der Waals surface area contributed by atoms with Crippen LogP contribution in [0.4, 0.5) is 5.82 Å². The van der Waals surface area contributed by atoms with Gasteiger partial charge < -0.3 is 10.6 Å². The van der Waals surface area contributed by atoms with Gasteiger partial charge in [0, 0.05) is 38.9 Å². The van der Waals surface area contributed by atoms with E-state index in [1.54, 1.807) is 7.05 Å². The van der Waals surface area contributed by atoms with Gasteiger partial charge in [0.1, 0.15) is 4.90 Å². The van der Waals surface area contributed by atoms with Gasteiger partial charge >= 0.3 is 0 Å². The Hall–Kier alpha value is -1.12. The molecule has 0 radical (unpaired) electrons. The van der Waals surface area contributed by atoms with Crippen LogP contribution in [0, 0.1) is 0 Å². The quantitative estimate of drug-likeness (QED) is 0.826. The van der Waals surface area contributed by atoms with Crippen molar-refractivity contribution in [3.8, 4) is 0 Å². The lowest BCUT2D eigenvalue weighted by atomic mass is 10.1. The van der Waals surface area contributed by atoms with Crippen molar-refractivity contribution in [2.45, 2.75) is 24.3 Å². The third kappa shape index (κ3) is 2.60. The number of piperazine rings is 1. The van der Waals surface area contributed by atoms with E-state index in [4.69, 9.17) is 5.73 Å². The van der Waals surface area contributed by atoms with Crippen molar-refractivity contribution in [2.24, 2.45) is 7.05 Å². The summed E-state index contributed by atoms with van der Waals surface area (Å²) in [5.74, 6) is 0.0643. The molecule has 0 amide bonds. The number of anilines is 1. The van der Waals surface area contributed by atoms with Crippen LogP contribution in [0.2, 0.25) is 0 Å². The lowest BCUT2D eigenvalue weighted by Gasteiger charge is -2.38. The number of sulfonamides is 1. The van der Waals surface area contributed by atoms with Gasteiger partial charge in [-0.05, 0) is 13.5 Å². The Bertz CT molecular complexity index is 553. The molecule has 1 aromatic rings. The Morgan fingerprint density at radius 1 is 1.42 bits per heavy atom. The van der Waals surface area contributed by atoms with Crippen LogP contribution in [0.3, 0.4) is 0 Å². The second-order valence-corrected chi connectivity index (χ2v) is 6.86. The Morgan fingerprint density at radius 2 is 2.11 bits per heavy atom. The molecule has 1 atom stereocenters. The molecule has 2 rings (SSSR count). The van der Waals surface area contributed by atoms with Gasteiger partial charge in [-0.25, -0.2) is 8.42 Å². The first-order chi connectivity index (χ1) is 8.86. The van der Waals surface area contributed by atoms with Gasteiger partial charge in [0.05, 0.1) is 0 Å². The summed E-state index contributed by atoms with van der Waals surface area (Å²) in [6, 6.07) is 0.251. The first-order valence-electron chi connectivity index (χ1n) is 6.35. The van der Waals surface area contributed by atoms with E-state index in [0.29, 0.717) is 13.1 Å². The zero-order chi connectivity index (χ0) is 14.2. The van der Waals surface area contributed by atoms with Crippen molar-refractivity contribution < 1.29 is 8.42 Å². The highest BCUT2D eigenvalue weighted by molar-refractivity contribution is 7.89. The van der Waals surface area contributed by atoms with Crippen LogP contribution in [0.5, 0.6) is 0 Å². The zero-order valence-corrected chi connectivity index (χ0v) is 12.4. The Balaban J connectivity index is 2.28. The largest absolute Gasteiger partial charge is 0.381 e. The zero-order valence-electron chi connectivity index (χ0n) is 11.6. The van der Waals surface area contributed by atoms with Crippen LogP contribution in [0.1, 0.15) is 13.3 Å². The molecule has 1 aromatic heterocycles. The molecule has 1 saturated heterocycles. The molecule has 19 heavy (non-hydrogen) atoms. The molecule has 7 nitrogen and oxygen atoms in total. The number of hydrogen-bond donors (Lipinski definition) is 1. The molecule has 2 N–H and O–H groups in total. The lowest BCUT2D eigenvalue weighted by molar-refractivity contribution is 0.144. The average molecular weight is 287 g/mol. The smallest absolute Gasteiger partial charge is 0.248 e. The van der Waals surface area contributed by atoms with Gasteiger partial charge in [-0.3, -0.25) is 4.68 Å². The highest BCUT2D eigenvalue weighted by Crippen LogP contribution is 2.23. The minimum absolute atomic E-state index is 0.0643. The minimum Gasteiger partial charge on any atom is -0.381 e. The molecule has 1 aliphatic rings. The fourth-order valence-electron chi connectivity index (χ4n) is 2.40. The van der Waals surface area contributed by atoms with E-state index in [0.717, 1.165) is 13.0 Å². The van der Waals surface area contributed by atoms with Crippen molar-refractivity contribution in [3.63, 3.8) is 0 Å². The second-order valence-electron chi connectivity index (χ2n) is 4.96. The summed E-state index contributed by atoms with van der Waals surface area (Å²) >= 11 is 0. The van der Waals surface area contributed by atoms with E-state index in [1.807, 2.05) is 7.05 Å². The highest BCUT2D eigenvalue weighted by Gasteiger charge is 2.34. The van der Waals surface area contributed by atoms with Crippen molar-refractivity contribution in [2.75, 3.05) is 32.4 Å². The molecule has 1 aliphatic heterocycles. The van der Waals surface area contributed by atoms with Crippen LogP contribution in [-0.2, 0) is 17.1 Å². The number of likely N-dealkylation sites (N-methyl/N-ethyl adjacent to an activating group) is 1. The SMILES string of the molecule is CCC1CN(S(=O)(=O)c2cn(C)nc2N)CCN1C. The fourth-order valence-corrected chi connectivity index (χ4v) is 3.96. The molecule has 1 fully saturated rings. The molecule has 0 saturated carbocycles. The maximum absolute atomic E-state index is 12.6. The summed E-state index contributed by atoms with van der Waals surface area (Å²) in [6.45, 7) is 3.79. The van der Waals surface area contributed by atoms with Gasteiger partial charge in [-0.15, -0.1) is 0 Å². The molecule has 0 aliphatic carbocycles. The van der Waals surface area contributed by atoms with E-state index in [-0.39, 0.29) is 16.8 Å². The van der Waals surface area contributed by atoms with E-state index in [2.05, 4.69) is 16.9 Å². The molecule has 2 heterocycles. The summed E-state index contributed by atoms with van der Waals surface area (Å²) < 4.78 is 28.1. The average Bonchev–Trinajstić information content (AvgIpc) is 2.69. The van der Waals surface area contributed by atoms with Gasteiger partial charge in [-0.2, -0.15) is 9.40 Å². The first-order valence-corrected chi connectivity index (χ1v) is 7.79. The van der Waals surface area contributed by atoms with Gasteiger partial charge in [0.2, 0.25) is 10.0 Å². The summed E-state index contributed by atoms with van der Waals surface area (Å²) in [5.41, 5.74) is 5.68. The molecule has 1 unspecified atom stereocenters. The summed E-state index contributed by atoms with van der Waals surface area (Å²) in [4.78, 5) is 2.30. The van der Waals surface area contributed by atoms with Crippen LogP contribution in [-0.4, -0.2) is 60.1 Å². The van der Waals surface area contributed by atoms with Crippen molar-refractivity contribution in [3.05, 3.63) is 6.20 Å². The predicted molar refractivity (Wildman–Crippen MR) is 73.1 cm³/mol. The van der Waals surface area contributed by atoms with E-state index in [9.17, 15) is 8.42 Å². The van der Waals surface area contributed by atoms with Crippen molar-refractivity contribution in [1.29, 1.82) is 0 Å². The maximum Gasteiger partial charge on any atom is 0.248 e. The number of aryl methyl sites for hydroxylation is 1. The fraction of sp³-hybridized carbons (Fsp3) is 0.727. The monoisotopic (exact) mass is 287 g/mol. The number of rotatable bonds is 3. The highest BCUT2D eigenvalue weighted by atomic mass is 32.2. The van der Waals surface area contributed by atoms with Crippen LogP contribution in [0.15, 0.2) is 11.1 Å². The Morgan fingerprint density at radius 3 is 2.63 bits per heavy atom. The van der Waals surface area contributed by atoms with Crippen molar-refractivity contribution >= 4 is 15.8 Å². The summed E-state index contributed by atoms with van der Waals surface area (Å²) in [6.07, 6.45) is 2.38. The topological polar surface area (TPSA) is 84.5 Å². The maximum atomic E-state index is 12.6. The van der Waals surface area contributed by atoms with Crippen LogP contribution >= 0.6 is 0 Å². The lowest BCUT2D eigenvalue weighted by Crippen LogP contribution is -2.52. The Kier molecular flexibility index (Phi) is 3.84. The van der Waals surface area contributed by atoms with Gasteiger partial charge in [-0.1, -0.05) is 6.92 Å². The number of nitrogen functional groups attached to an aromatic ring is 1. The van der Waals surface area contributed by atoms with Crippen LogP contribution in [0.25, 0.3) is 0 Å². The van der Waals surface area contributed by atoms with Crippen LogP contribution < -0.4 is 5.73 Å². The van der Waals surface area contributed by atoms with E-state index < -0.39 is 10.0 Å². The summed E-state index contributed by atoms with van der Waals surface area (Å²) in [5, 5.41) is 3.90. The molecule has 8 heteroatoms. The minimum atomic E-state index is -3.54. The van der Waals surface area contributed by atoms with Gasteiger partial charge in [0.25, 0.3) is 0 Å². The molecular weight excluding hydrogens is 266 g/mol. The molecule has 0 spiro atoms. The third-order valence-corrected chi connectivity index (χ3v) is 5.53. The summed E-state index contributed by atoms with van der Waals surface area (Å²) in [7, 11) is 0.145. The number of hydrogen-bond acceptors (Lipinski definition) is 5. The second kappa shape index (κ2) is 5.10. The molecular formula is C11H21N5O2S. The molecule has 0 bridgehead atoms. The van der Waals surface area contributed by atoms with E-state index in [1.165, 1.54) is 15.2 Å². The molecule has 0 aromatic carbocycles. The van der Waals surface area contributed by atoms with E-state index >= 15 is 0 Å². The number of nitrogens with zero attached hydrogens (tertiary/aromatic N) is 4. The number of nitrogens with two attached hydrogens (primary N) is 1. The van der Waals surface area contributed by atoms with Crippen molar-refractivity contribution in [1.82, 2.24) is 19.0 Å².